The van der Waals surface area contributed by atoms with Gasteiger partial charge in [0.15, 0.2) is 0 Å². The lowest BCUT2D eigenvalue weighted by Crippen LogP contribution is -2.25. The highest BCUT2D eigenvalue weighted by atomic mass is 14.8. The van der Waals surface area contributed by atoms with Crippen molar-refractivity contribution in [2.75, 3.05) is 6.54 Å². The van der Waals surface area contributed by atoms with Crippen LogP contribution < -0.4 is 0 Å². The molecule has 2 atom stereocenters. The first-order chi connectivity index (χ1) is 9.00. The summed E-state index contributed by atoms with van der Waals surface area (Å²) in [7, 11) is 0. The van der Waals surface area contributed by atoms with Crippen LogP contribution in [0.5, 0.6) is 0 Å². The summed E-state index contributed by atoms with van der Waals surface area (Å²) in [4.78, 5) is 4.88. The van der Waals surface area contributed by atoms with Gasteiger partial charge in [-0.1, -0.05) is 40.2 Å². The molecule has 2 unspecified atom stereocenters. The number of aliphatic imine (C=N–C) groups is 1. The summed E-state index contributed by atoms with van der Waals surface area (Å²) in [5.41, 5.74) is 4.83. The van der Waals surface area contributed by atoms with Gasteiger partial charge in [0, 0.05) is 12.3 Å². The summed E-state index contributed by atoms with van der Waals surface area (Å²) in [6.07, 6.45) is 6.77. The zero-order valence-electron chi connectivity index (χ0n) is 13.5. The quantitative estimate of drug-likeness (QED) is 0.642. The molecule has 0 aromatic rings. The molecule has 2 aliphatic rings. The van der Waals surface area contributed by atoms with E-state index in [2.05, 4.69) is 34.6 Å². The van der Waals surface area contributed by atoms with Crippen LogP contribution in [0.15, 0.2) is 16.1 Å². The van der Waals surface area contributed by atoms with Crippen molar-refractivity contribution in [3.05, 3.63) is 11.1 Å². The van der Waals surface area contributed by atoms with E-state index in [1.165, 1.54) is 37.8 Å². The van der Waals surface area contributed by atoms with Gasteiger partial charge in [0.05, 0.1) is 0 Å². The van der Waals surface area contributed by atoms with Crippen LogP contribution in [0.1, 0.15) is 66.7 Å². The molecule has 1 aliphatic carbocycles. The molecule has 0 N–H and O–H groups in total. The molecule has 0 amide bonds. The molecule has 0 aromatic heterocycles. The van der Waals surface area contributed by atoms with E-state index < -0.39 is 0 Å². The number of hydrogen-bond donors (Lipinski definition) is 0. The molecule has 1 nitrogen and oxygen atoms in total. The third-order valence-corrected chi connectivity index (χ3v) is 5.10. The Kier molecular flexibility index (Phi) is 4.86. The van der Waals surface area contributed by atoms with Gasteiger partial charge in [0.2, 0.25) is 0 Å². The van der Waals surface area contributed by atoms with Crippen molar-refractivity contribution in [3.8, 4) is 0 Å². The van der Waals surface area contributed by atoms with Crippen molar-refractivity contribution in [3.63, 3.8) is 0 Å². The number of hydrogen-bond acceptors (Lipinski definition) is 1. The first-order valence-corrected chi connectivity index (χ1v) is 8.27. The topological polar surface area (TPSA) is 12.4 Å². The van der Waals surface area contributed by atoms with Crippen LogP contribution in [0.2, 0.25) is 0 Å². The number of dihydropyridines is 1. The molecule has 1 heteroatoms. The Morgan fingerprint density at radius 3 is 2.42 bits per heavy atom. The standard InChI is InChI=1S/C18H31N/c1-12(2)15-7-6-8-17-16(10-9-15)14(5)11-19-18(17)13(3)4/h12-15H,6-11H2,1-5H3. The average Bonchev–Trinajstić information content (AvgIpc) is 2.29. The Morgan fingerprint density at radius 2 is 1.79 bits per heavy atom. The van der Waals surface area contributed by atoms with E-state index in [1.54, 1.807) is 11.1 Å². The number of nitrogens with zero attached hydrogens (tertiary/aromatic N) is 1. The first kappa shape index (κ1) is 14.8. The molecule has 108 valence electrons. The lowest BCUT2D eigenvalue weighted by atomic mass is 9.76. The van der Waals surface area contributed by atoms with Crippen LogP contribution in [0.3, 0.4) is 0 Å². The van der Waals surface area contributed by atoms with E-state index in [0.29, 0.717) is 11.8 Å². The van der Waals surface area contributed by atoms with Crippen LogP contribution in [0, 0.1) is 23.7 Å². The maximum absolute atomic E-state index is 4.88. The van der Waals surface area contributed by atoms with Gasteiger partial charge < -0.3 is 0 Å². The van der Waals surface area contributed by atoms with Gasteiger partial charge in [-0.05, 0) is 61.3 Å². The summed E-state index contributed by atoms with van der Waals surface area (Å²) in [5, 5.41) is 0. The van der Waals surface area contributed by atoms with Crippen molar-refractivity contribution >= 4 is 5.71 Å². The van der Waals surface area contributed by atoms with Gasteiger partial charge in [0.25, 0.3) is 0 Å². The van der Waals surface area contributed by atoms with Crippen LogP contribution in [0.25, 0.3) is 0 Å². The normalized spacial score (nSPS) is 29.1. The summed E-state index contributed by atoms with van der Waals surface area (Å²) in [5.74, 6) is 3.06. The molecule has 0 saturated heterocycles. The van der Waals surface area contributed by atoms with Gasteiger partial charge in [-0.15, -0.1) is 0 Å². The van der Waals surface area contributed by atoms with Crippen molar-refractivity contribution in [1.82, 2.24) is 0 Å². The fraction of sp³-hybridized carbons (Fsp3) is 0.833. The minimum Gasteiger partial charge on any atom is -0.289 e. The molecule has 1 heterocycles. The van der Waals surface area contributed by atoms with E-state index in [-0.39, 0.29) is 0 Å². The van der Waals surface area contributed by atoms with Crippen LogP contribution in [0.4, 0.5) is 0 Å². The van der Waals surface area contributed by atoms with Gasteiger partial charge in [-0.25, -0.2) is 0 Å². The summed E-state index contributed by atoms with van der Waals surface area (Å²) >= 11 is 0. The summed E-state index contributed by atoms with van der Waals surface area (Å²) in [6, 6.07) is 0. The third-order valence-electron chi connectivity index (χ3n) is 5.10. The first-order valence-electron chi connectivity index (χ1n) is 8.27. The Balaban J connectivity index is 2.23. The Labute approximate surface area is 119 Å². The average molecular weight is 261 g/mol. The second-order valence-electron chi connectivity index (χ2n) is 7.22. The molecule has 0 fully saturated rings. The zero-order chi connectivity index (χ0) is 14.0. The minimum atomic E-state index is 0.595. The second kappa shape index (κ2) is 6.24. The summed E-state index contributed by atoms with van der Waals surface area (Å²) in [6.45, 7) is 12.8. The molecule has 0 aromatic carbocycles. The molecular weight excluding hydrogens is 230 g/mol. The van der Waals surface area contributed by atoms with E-state index in [4.69, 9.17) is 4.99 Å². The maximum Gasteiger partial charge on any atom is 0.0455 e. The second-order valence-corrected chi connectivity index (χ2v) is 7.22. The monoisotopic (exact) mass is 261 g/mol. The highest BCUT2D eigenvalue weighted by Crippen LogP contribution is 2.37. The molecule has 2 rings (SSSR count). The lowest BCUT2D eigenvalue weighted by Gasteiger charge is -2.32. The Morgan fingerprint density at radius 1 is 1.05 bits per heavy atom. The Bertz CT molecular complexity index is 373. The molecule has 1 aliphatic heterocycles. The fourth-order valence-electron chi connectivity index (χ4n) is 3.81. The van der Waals surface area contributed by atoms with Crippen molar-refractivity contribution in [2.24, 2.45) is 28.7 Å². The van der Waals surface area contributed by atoms with E-state index in [0.717, 1.165) is 18.4 Å². The molecule has 0 saturated carbocycles. The van der Waals surface area contributed by atoms with Crippen molar-refractivity contribution in [1.29, 1.82) is 0 Å². The molecule has 0 radical (unpaired) electrons. The molecule has 0 spiro atoms. The lowest BCUT2D eigenvalue weighted by molar-refractivity contribution is 0.319. The van der Waals surface area contributed by atoms with E-state index >= 15 is 0 Å². The largest absolute Gasteiger partial charge is 0.289 e. The molecule has 0 bridgehead atoms. The number of rotatable bonds is 2. The highest BCUT2D eigenvalue weighted by Gasteiger charge is 2.27. The van der Waals surface area contributed by atoms with Crippen LogP contribution in [-0.4, -0.2) is 12.3 Å². The predicted octanol–water partition coefficient (Wildman–Crippen LogP) is 5.27. The minimum absolute atomic E-state index is 0.595. The predicted molar refractivity (Wildman–Crippen MR) is 84.7 cm³/mol. The van der Waals surface area contributed by atoms with Crippen LogP contribution in [-0.2, 0) is 0 Å². The van der Waals surface area contributed by atoms with E-state index in [1.807, 2.05) is 0 Å². The maximum atomic E-state index is 4.88. The van der Waals surface area contributed by atoms with Crippen molar-refractivity contribution < 1.29 is 0 Å². The van der Waals surface area contributed by atoms with Crippen LogP contribution >= 0.6 is 0 Å². The fourth-order valence-corrected chi connectivity index (χ4v) is 3.81. The molecular formula is C18H31N. The Hall–Kier alpha value is -0.590. The van der Waals surface area contributed by atoms with E-state index in [9.17, 15) is 0 Å². The van der Waals surface area contributed by atoms with Gasteiger partial charge >= 0.3 is 0 Å². The van der Waals surface area contributed by atoms with Gasteiger partial charge in [-0.2, -0.15) is 0 Å². The van der Waals surface area contributed by atoms with Gasteiger partial charge in [-0.3, -0.25) is 4.99 Å². The van der Waals surface area contributed by atoms with Crippen molar-refractivity contribution in [2.45, 2.75) is 66.7 Å². The molecule has 19 heavy (non-hydrogen) atoms. The zero-order valence-corrected chi connectivity index (χ0v) is 13.5. The van der Waals surface area contributed by atoms with Gasteiger partial charge in [0.1, 0.15) is 0 Å². The third kappa shape index (κ3) is 3.30. The summed E-state index contributed by atoms with van der Waals surface area (Å²) < 4.78 is 0. The number of allylic oxidation sites excluding steroid dienone is 1. The SMILES string of the molecule is CC(C)C1=NCC(C)C2=C1CCCC(C(C)C)CC2. The highest BCUT2D eigenvalue weighted by molar-refractivity contribution is 6.02. The smallest absolute Gasteiger partial charge is 0.0455 e.